The third-order valence-corrected chi connectivity index (χ3v) is 6.48. The van der Waals surface area contributed by atoms with E-state index in [0.717, 1.165) is 21.0 Å². The van der Waals surface area contributed by atoms with Crippen LogP contribution in [0.25, 0.3) is 20.3 Å². The third-order valence-electron chi connectivity index (χ3n) is 3.58. The van der Waals surface area contributed by atoms with Gasteiger partial charge in [-0.25, -0.2) is 4.98 Å². The fraction of sp³-hybridized carbons (Fsp3) is 0.0526. The summed E-state index contributed by atoms with van der Waals surface area (Å²) < 4.78 is 0. The normalized spacial score (nSPS) is 10.7. The highest BCUT2D eigenvalue weighted by Gasteiger charge is 2.17. The number of amides is 1. The number of rotatable bonds is 5. The van der Waals surface area contributed by atoms with Crippen LogP contribution in [0, 0.1) is 0 Å². The molecule has 124 valence electrons. The van der Waals surface area contributed by atoms with Gasteiger partial charge in [0, 0.05) is 4.88 Å². The fourth-order valence-corrected chi connectivity index (χ4v) is 5.11. The summed E-state index contributed by atoms with van der Waals surface area (Å²) in [6.07, 6.45) is 0.350. The number of nitrogens with one attached hydrogen (secondary N) is 1. The van der Waals surface area contributed by atoms with Crippen LogP contribution in [0.2, 0.25) is 0 Å². The zero-order valence-electron chi connectivity index (χ0n) is 13.1. The first-order chi connectivity index (χ1) is 12.3. The quantitative estimate of drug-likeness (QED) is 0.475. The van der Waals surface area contributed by atoms with Crippen LogP contribution in [0.3, 0.4) is 0 Å². The molecule has 25 heavy (non-hydrogen) atoms. The average molecular weight is 383 g/mol. The second-order valence-electron chi connectivity index (χ2n) is 5.36. The molecule has 0 aliphatic carbocycles. The minimum absolute atomic E-state index is 0.0459. The highest BCUT2D eigenvalue weighted by molar-refractivity contribution is 7.24. The van der Waals surface area contributed by atoms with Crippen molar-refractivity contribution < 1.29 is 4.79 Å². The van der Waals surface area contributed by atoms with Crippen LogP contribution in [0.4, 0.5) is 5.13 Å². The van der Waals surface area contributed by atoms with Crippen LogP contribution in [0.1, 0.15) is 5.56 Å². The lowest BCUT2D eigenvalue weighted by Crippen LogP contribution is -2.14. The van der Waals surface area contributed by atoms with Crippen LogP contribution < -0.4 is 5.32 Å². The summed E-state index contributed by atoms with van der Waals surface area (Å²) in [5.41, 5.74) is 1.94. The molecule has 0 radical (unpaired) electrons. The SMILES string of the molecule is O=C(Cc1ccccc1)Nc1nc(-c2cccs2)c(-c2cccs2)s1. The highest BCUT2D eigenvalue weighted by Crippen LogP contribution is 2.42. The molecule has 0 bridgehead atoms. The van der Waals surface area contributed by atoms with Gasteiger partial charge < -0.3 is 5.32 Å². The highest BCUT2D eigenvalue weighted by atomic mass is 32.1. The van der Waals surface area contributed by atoms with Crippen LogP contribution in [-0.2, 0) is 11.2 Å². The molecule has 1 N–H and O–H groups in total. The molecular weight excluding hydrogens is 368 g/mol. The molecule has 0 saturated heterocycles. The molecule has 1 aromatic carbocycles. The zero-order valence-corrected chi connectivity index (χ0v) is 15.6. The maximum absolute atomic E-state index is 12.3. The fourth-order valence-electron chi connectivity index (χ4n) is 2.47. The van der Waals surface area contributed by atoms with E-state index in [9.17, 15) is 4.79 Å². The number of aromatic nitrogens is 1. The number of carbonyl (C=O) groups is 1. The van der Waals surface area contributed by atoms with Crippen molar-refractivity contribution >= 4 is 45.0 Å². The first-order valence-electron chi connectivity index (χ1n) is 7.72. The van der Waals surface area contributed by atoms with E-state index >= 15 is 0 Å². The van der Waals surface area contributed by atoms with Gasteiger partial charge in [-0.15, -0.1) is 22.7 Å². The van der Waals surface area contributed by atoms with Gasteiger partial charge in [-0.1, -0.05) is 53.8 Å². The molecule has 1 amide bonds. The Bertz CT molecular complexity index is 906. The van der Waals surface area contributed by atoms with Crippen LogP contribution in [0.5, 0.6) is 0 Å². The second kappa shape index (κ2) is 7.31. The first kappa shape index (κ1) is 16.2. The second-order valence-corrected chi connectivity index (χ2v) is 8.26. The van der Waals surface area contributed by atoms with E-state index in [4.69, 9.17) is 4.98 Å². The molecule has 0 saturated carbocycles. The van der Waals surface area contributed by atoms with E-state index in [1.54, 1.807) is 22.7 Å². The number of anilines is 1. The van der Waals surface area contributed by atoms with Crippen LogP contribution in [0.15, 0.2) is 65.4 Å². The Morgan fingerprint density at radius 2 is 1.64 bits per heavy atom. The first-order valence-corrected chi connectivity index (χ1v) is 10.3. The van der Waals surface area contributed by atoms with Crippen molar-refractivity contribution in [1.29, 1.82) is 0 Å². The lowest BCUT2D eigenvalue weighted by molar-refractivity contribution is -0.115. The van der Waals surface area contributed by atoms with Gasteiger partial charge in [0.1, 0.15) is 5.69 Å². The molecule has 0 spiro atoms. The largest absolute Gasteiger partial charge is 0.302 e. The third kappa shape index (κ3) is 3.71. The lowest BCUT2D eigenvalue weighted by atomic mass is 10.1. The zero-order chi connectivity index (χ0) is 17.1. The smallest absolute Gasteiger partial charge is 0.230 e. The van der Waals surface area contributed by atoms with Crippen molar-refractivity contribution in [2.45, 2.75) is 6.42 Å². The number of benzene rings is 1. The van der Waals surface area contributed by atoms with Crippen LogP contribution >= 0.6 is 34.0 Å². The average Bonchev–Trinajstić information content (AvgIpc) is 3.36. The number of carbonyl (C=O) groups excluding carboxylic acids is 1. The predicted molar refractivity (Wildman–Crippen MR) is 108 cm³/mol. The van der Waals surface area contributed by atoms with Crippen LogP contribution in [-0.4, -0.2) is 10.9 Å². The maximum atomic E-state index is 12.3. The molecule has 0 unspecified atom stereocenters. The summed E-state index contributed by atoms with van der Waals surface area (Å²) in [6, 6.07) is 17.9. The number of thiazole rings is 1. The summed E-state index contributed by atoms with van der Waals surface area (Å²) in [7, 11) is 0. The molecule has 3 heterocycles. The minimum atomic E-state index is -0.0459. The molecule has 4 aromatic rings. The van der Waals surface area contributed by atoms with E-state index in [0.29, 0.717) is 11.6 Å². The van der Waals surface area contributed by atoms with Gasteiger partial charge in [0.25, 0.3) is 0 Å². The molecule has 4 rings (SSSR count). The Hall–Kier alpha value is -2.28. The number of hydrogen-bond donors (Lipinski definition) is 1. The van der Waals surface area contributed by atoms with E-state index < -0.39 is 0 Å². The molecule has 3 aromatic heterocycles. The molecule has 0 fully saturated rings. The molecule has 0 aliphatic rings. The molecule has 0 atom stereocenters. The molecule has 6 heteroatoms. The predicted octanol–water partition coefficient (Wildman–Crippen LogP) is 5.78. The number of hydrogen-bond acceptors (Lipinski definition) is 5. The summed E-state index contributed by atoms with van der Waals surface area (Å²) in [4.78, 5) is 20.4. The van der Waals surface area contributed by atoms with Gasteiger partial charge in [0.05, 0.1) is 16.2 Å². The van der Waals surface area contributed by atoms with Gasteiger partial charge in [-0.05, 0) is 28.5 Å². The molecule has 3 nitrogen and oxygen atoms in total. The Morgan fingerprint density at radius 3 is 2.32 bits per heavy atom. The topological polar surface area (TPSA) is 42.0 Å². The molecule has 0 aliphatic heterocycles. The summed E-state index contributed by atoms with van der Waals surface area (Å²) >= 11 is 4.87. The van der Waals surface area contributed by atoms with E-state index in [-0.39, 0.29) is 5.91 Å². The number of nitrogens with zero attached hydrogens (tertiary/aromatic N) is 1. The van der Waals surface area contributed by atoms with Crippen molar-refractivity contribution in [1.82, 2.24) is 4.98 Å². The lowest BCUT2D eigenvalue weighted by Gasteiger charge is -2.01. The van der Waals surface area contributed by atoms with Crippen molar-refractivity contribution in [3.8, 4) is 20.3 Å². The van der Waals surface area contributed by atoms with Crippen molar-refractivity contribution in [2.75, 3.05) is 5.32 Å². The maximum Gasteiger partial charge on any atom is 0.230 e. The van der Waals surface area contributed by atoms with Gasteiger partial charge in [-0.3, -0.25) is 4.79 Å². The summed E-state index contributed by atoms with van der Waals surface area (Å²) in [5, 5.41) is 7.70. The van der Waals surface area contributed by atoms with Crippen molar-refractivity contribution in [3.05, 3.63) is 70.9 Å². The van der Waals surface area contributed by atoms with E-state index in [1.165, 1.54) is 16.2 Å². The Balaban J connectivity index is 1.60. The minimum Gasteiger partial charge on any atom is -0.302 e. The Morgan fingerprint density at radius 1 is 0.920 bits per heavy atom. The monoisotopic (exact) mass is 382 g/mol. The summed E-state index contributed by atoms with van der Waals surface area (Å²) in [6.45, 7) is 0. The molecular formula is C19H14N2OS3. The van der Waals surface area contributed by atoms with Crippen molar-refractivity contribution in [3.63, 3.8) is 0 Å². The van der Waals surface area contributed by atoms with E-state index in [1.807, 2.05) is 47.8 Å². The standard InChI is InChI=1S/C19H14N2OS3/c22-16(12-13-6-2-1-3-7-13)20-19-21-17(14-8-4-10-23-14)18(25-19)15-9-5-11-24-15/h1-11H,12H2,(H,20,21,22). The van der Waals surface area contributed by atoms with Gasteiger partial charge >= 0.3 is 0 Å². The van der Waals surface area contributed by atoms with Gasteiger partial charge in [-0.2, -0.15) is 0 Å². The Labute approximate surface area is 157 Å². The Kier molecular flexibility index (Phi) is 4.74. The number of thiophene rings is 2. The van der Waals surface area contributed by atoms with Crippen molar-refractivity contribution in [2.24, 2.45) is 0 Å². The van der Waals surface area contributed by atoms with Gasteiger partial charge in [0.2, 0.25) is 5.91 Å². The van der Waals surface area contributed by atoms with Gasteiger partial charge in [0.15, 0.2) is 5.13 Å². The van der Waals surface area contributed by atoms with E-state index in [2.05, 4.69) is 22.8 Å². The summed E-state index contributed by atoms with van der Waals surface area (Å²) in [5.74, 6) is -0.0459.